The van der Waals surface area contributed by atoms with Gasteiger partial charge in [-0.05, 0) is 85.7 Å². The molecule has 0 amide bonds. The topological polar surface area (TPSA) is 168 Å². The Kier molecular flexibility index (Phi) is 10.1. The average Bonchev–Trinajstić information content (AvgIpc) is 3.02. The first kappa shape index (κ1) is 32.6. The molecule has 0 atom stereocenters. The summed E-state index contributed by atoms with van der Waals surface area (Å²) in [5.74, 6) is 1.66. The number of hydrogen-bond donors (Lipinski definition) is 4. The largest absolute Gasteiger partial charge is 0.507 e. The molecule has 0 unspecified atom stereocenters. The maximum atomic E-state index is 11.6. The van der Waals surface area contributed by atoms with Crippen molar-refractivity contribution in [3.63, 3.8) is 0 Å². The molecule has 0 bridgehead atoms. The number of hydrogen-bond acceptors (Lipinski definition) is 11. The molecule has 5 rings (SSSR count). The molecule has 0 aliphatic rings. The van der Waals surface area contributed by atoms with E-state index in [0.29, 0.717) is 40.2 Å². The molecule has 0 aliphatic carbocycles. The normalized spacial score (nSPS) is 11.2. The molecule has 1 heterocycles. The lowest BCUT2D eigenvalue weighted by Gasteiger charge is -2.13. The van der Waals surface area contributed by atoms with Crippen LogP contribution in [0.1, 0.15) is 29.4 Å². The van der Waals surface area contributed by atoms with Crippen LogP contribution in [0.5, 0.6) is 5.75 Å². The molecular formula is C33H36N8O3S. The predicted molar refractivity (Wildman–Crippen MR) is 181 cm³/mol. The Morgan fingerprint density at radius 1 is 0.933 bits per heavy atom. The standard InChI is InChI=1S/C20H21N3O.C13H15N5O2S/c1-4-15-13(3)11-14-9-10-16(21)19(18(14)20(15)24)23-22-17-8-6-5-7-12(17)2;1-4-21(19,20)11-7-5-10(6-8-11)17-13-16-9(2)15-12(14-3)18-13/h5-11,24H,4,21H2,1-3H3;4-8H,1H2,2-3H3,(H2,14,15,16,17,18). The summed E-state index contributed by atoms with van der Waals surface area (Å²) < 4.78 is 23.2. The Balaban J connectivity index is 0.000000207. The highest BCUT2D eigenvalue weighted by molar-refractivity contribution is 7.94. The van der Waals surface area contributed by atoms with Crippen LogP contribution in [0.15, 0.2) is 93.8 Å². The average molecular weight is 625 g/mol. The zero-order valence-electron chi connectivity index (χ0n) is 25.8. The van der Waals surface area contributed by atoms with E-state index in [1.807, 2.05) is 51.1 Å². The second-order valence-electron chi connectivity index (χ2n) is 10.1. The number of azo groups is 1. The lowest BCUT2D eigenvalue weighted by Crippen LogP contribution is -2.05. The third-order valence-corrected chi connectivity index (χ3v) is 8.34. The first-order valence-corrected chi connectivity index (χ1v) is 15.7. The summed E-state index contributed by atoms with van der Waals surface area (Å²) in [6, 6.07) is 19.8. The monoisotopic (exact) mass is 624 g/mol. The lowest BCUT2D eigenvalue weighted by molar-refractivity contribution is 0.475. The van der Waals surface area contributed by atoms with Gasteiger partial charge in [-0.3, -0.25) is 0 Å². The van der Waals surface area contributed by atoms with Crippen molar-refractivity contribution in [2.45, 2.75) is 39.0 Å². The molecule has 0 fully saturated rings. The van der Waals surface area contributed by atoms with E-state index in [-0.39, 0.29) is 10.6 Å². The van der Waals surface area contributed by atoms with Crippen LogP contribution in [0.3, 0.4) is 0 Å². The number of rotatable bonds is 8. The molecule has 4 aromatic carbocycles. The van der Waals surface area contributed by atoms with Crippen LogP contribution in [0.4, 0.5) is 34.6 Å². The summed E-state index contributed by atoms with van der Waals surface area (Å²) in [4.78, 5) is 12.6. The van der Waals surface area contributed by atoms with Crippen molar-refractivity contribution in [1.82, 2.24) is 15.0 Å². The van der Waals surface area contributed by atoms with Gasteiger partial charge in [0.15, 0.2) is 9.84 Å². The van der Waals surface area contributed by atoms with Crippen molar-refractivity contribution < 1.29 is 13.5 Å². The van der Waals surface area contributed by atoms with Gasteiger partial charge in [-0.2, -0.15) is 20.1 Å². The fraction of sp³-hybridized carbons (Fsp3) is 0.182. The zero-order valence-corrected chi connectivity index (χ0v) is 26.6. The number of sulfone groups is 1. The molecule has 0 aliphatic heterocycles. The number of nitrogens with two attached hydrogens (primary N) is 1. The number of nitrogen functional groups attached to an aromatic ring is 1. The minimum absolute atomic E-state index is 0.186. The summed E-state index contributed by atoms with van der Waals surface area (Å²) in [7, 11) is -1.70. The number of phenols is 1. The van der Waals surface area contributed by atoms with E-state index in [2.05, 4.69) is 48.5 Å². The SMILES string of the molecule is C=CS(=O)(=O)c1ccc(Nc2nc(C)nc(NC)n2)cc1.CCc1c(C)cc2ccc(N)c(N=Nc3ccccc3C)c2c1O. The van der Waals surface area contributed by atoms with Gasteiger partial charge in [0.25, 0.3) is 0 Å². The zero-order chi connectivity index (χ0) is 32.7. The van der Waals surface area contributed by atoms with Gasteiger partial charge in [0.05, 0.1) is 21.7 Å². The highest BCUT2D eigenvalue weighted by Gasteiger charge is 2.15. The van der Waals surface area contributed by atoms with Crippen LogP contribution in [0, 0.1) is 20.8 Å². The summed E-state index contributed by atoms with van der Waals surface area (Å²) in [5, 5.41) is 27.8. The smallest absolute Gasteiger partial charge is 0.232 e. The molecular weight excluding hydrogens is 588 g/mol. The molecule has 5 N–H and O–H groups in total. The van der Waals surface area contributed by atoms with Crippen molar-refractivity contribution in [2.24, 2.45) is 10.2 Å². The van der Waals surface area contributed by atoms with E-state index in [9.17, 15) is 13.5 Å². The third-order valence-electron chi connectivity index (χ3n) is 6.97. The van der Waals surface area contributed by atoms with Crippen molar-refractivity contribution in [3.8, 4) is 5.75 Å². The highest BCUT2D eigenvalue weighted by Crippen LogP contribution is 2.42. The van der Waals surface area contributed by atoms with Crippen LogP contribution >= 0.6 is 0 Å². The number of aromatic nitrogens is 3. The quantitative estimate of drug-likeness (QED) is 0.100. The third kappa shape index (κ3) is 7.60. The Hall–Kier alpha value is -5.36. The van der Waals surface area contributed by atoms with Gasteiger partial charge in [-0.15, -0.1) is 5.11 Å². The minimum Gasteiger partial charge on any atom is -0.507 e. The number of nitrogens with zero attached hydrogens (tertiary/aromatic N) is 5. The number of aryl methyl sites for hydroxylation is 3. The molecule has 0 spiro atoms. The first-order chi connectivity index (χ1) is 21.5. The van der Waals surface area contributed by atoms with Crippen LogP contribution in [0.25, 0.3) is 10.8 Å². The molecule has 5 aromatic rings. The van der Waals surface area contributed by atoms with E-state index >= 15 is 0 Å². The molecule has 232 valence electrons. The maximum absolute atomic E-state index is 11.6. The van der Waals surface area contributed by atoms with Gasteiger partial charge in [-0.1, -0.05) is 43.8 Å². The van der Waals surface area contributed by atoms with E-state index < -0.39 is 9.84 Å². The Morgan fingerprint density at radius 2 is 1.62 bits per heavy atom. The molecule has 0 radical (unpaired) electrons. The summed E-state index contributed by atoms with van der Waals surface area (Å²) >= 11 is 0. The number of anilines is 4. The van der Waals surface area contributed by atoms with Gasteiger partial charge < -0.3 is 21.5 Å². The van der Waals surface area contributed by atoms with Gasteiger partial charge >= 0.3 is 0 Å². The van der Waals surface area contributed by atoms with Gasteiger partial charge in [-0.25, -0.2) is 8.42 Å². The molecule has 1 aromatic heterocycles. The predicted octanol–water partition coefficient (Wildman–Crippen LogP) is 7.60. The number of phenolic OH excluding ortho intramolecular Hbond substituents is 1. The van der Waals surface area contributed by atoms with Crippen LogP contribution < -0.4 is 16.4 Å². The van der Waals surface area contributed by atoms with Gasteiger partial charge in [0.1, 0.15) is 17.3 Å². The fourth-order valence-electron chi connectivity index (χ4n) is 4.59. The number of fused-ring (bicyclic) bond motifs is 1. The van der Waals surface area contributed by atoms with Crippen molar-refractivity contribution >= 4 is 55.3 Å². The van der Waals surface area contributed by atoms with E-state index in [4.69, 9.17) is 5.73 Å². The van der Waals surface area contributed by atoms with Crippen LogP contribution in [-0.4, -0.2) is 35.5 Å². The van der Waals surface area contributed by atoms with Crippen molar-refractivity contribution in [1.29, 1.82) is 0 Å². The molecule has 12 heteroatoms. The Labute approximate surface area is 262 Å². The second kappa shape index (κ2) is 14.0. The lowest BCUT2D eigenvalue weighted by atomic mass is 9.97. The minimum atomic E-state index is -3.42. The van der Waals surface area contributed by atoms with Crippen LogP contribution in [-0.2, 0) is 16.3 Å². The van der Waals surface area contributed by atoms with Crippen LogP contribution in [0.2, 0.25) is 0 Å². The summed E-state index contributed by atoms with van der Waals surface area (Å²) in [6.45, 7) is 11.1. The number of nitrogens with one attached hydrogen (secondary N) is 2. The van der Waals surface area contributed by atoms with Gasteiger partial charge in [0, 0.05) is 18.1 Å². The second-order valence-corrected chi connectivity index (χ2v) is 12.0. The Bertz CT molecular complexity index is 1990. The number of aromatic hydroxyl groups is 1. The molecule has 0 saturated carbocycles. The Morgan fingerprint density at radius 3 is 2.27 bits per heavy atom. The van der Waals surface area contributed by atoms with Gasteiger partial charge in [0.2, 0.25) is 11.9 Å². The van der Waals surface area contributed by atoms with E-state index in [1.54, 1.807) is 32.2 Å². The van der Waals surface area contributed by atoms with Crippen molar-refractivity contribution in [3.05, 3.63) is 101 Å². The molecule has 0 saturated heterocycles. The maximum Gasteiger partial charge on any atom is 0.232 e. The summed E-state index contributed by atoms with van der Waals surface area (Å²) in [5.41, 5.74) is 11.6. The first-order valence-electron chi connectivity index (χ1n) is 14.1. The highest BCUT2D eigenvalue weighted by atomic mass is 32.2. The molecule has 45 heavy (non-hydrogen) atoms. The summed E-state index contributed by atoms with van der Waals surface area (Å²) in [6.07, 6.45) is 0.747. The van der Waals surface area contributed by atoms with E-state index in [0.717, 1.165) is 39.6 Å². The molecule has 11 nitrogen and oxygen atoms in total. The van der Waals surface area contributed by atoms with Crippen molar-refractivity contribution in [2.75, 3.05) is 23.4 Å². The number of benzene rings is 4. The fourth-order valence-corrected chi connectivity index (χ4v) is 5.29. The van der Waals surface area contributed by atoms with E-state index in [1.165, 1.54) is 12.1 Å².